The first kappa shape index (κ1) is 9.05. The fraction of sp³-hybridized carbons (Fsp3) is 0.333. The van der Waals surface area contributed by atoms with E-state index in [-0.39, 0.29) is 0 Å². The summed E-state index contributed by atoms with van der Waals surface area (Å²) in [7, 11) is 0. The van der Waals surface area contributed by atoms with Crippen LogP contribution in [0.1, 0.15) is 31.4 Å². The lowest BCUT2D eigenvalue weighted by Crippen LogP contribution is -1.82. The topological polar surface area (TPSA) is 0 Å². The Morgan fingerprint density at radius 1 is 1.25 bits per heavy atom. The molecular formula is C12H16. The van der Waals surface area contributed by atoms with Crippen LogP contribution in [0.4, 0.5) is 0 Å². The zero-order valence-electron chi connectivity index (χ0n) is 8.09. The largest absolute Gasteiger partial charge is 0.0839 e. The van der Waals surface area contributed by atoms with E-state index in [1.807, 2.05) is 0 Å². The summed E-state index contributed by atoms with van der Waals surface area (Å²) in [5.74, 6) is 0. The van der Waals surface area contributed by atoms with Gasteiger partial charge in [0.15, 0.2) is 0 Å². The minimum absolute atomic E-state index is 1.11. The van der Waals surface area contributed by atoms with Crippen LogP contribution in [0.5, 0.6) is 0 Å². The molecule has 0 amide bonds. The molecule has 0 aromatic heterocycles. The van der Waals surface area contributed by atoms with Crippen molar-refractivity contribution in [2.75, 3.05) is 0 Å². The van der Waals surface area contributed by atoms with Gasteiger partial charge in [-0.25, -0.2) is 0 Å². The van der Waals surface area contributed by atoms with Gasteiger partial charge < -0.3 is 0 Å². The van der Waals surface area contributed by atoms with Gasteiger partial charge in [0.05, 0.1) is 0 Å². The van der Waals surface area contributed by atoms with Crippen molar-refractivity contribution in [2.45, 2.75) is 27.2 Å². The second-order valence-electron chi connectivity index (χ2n) is 3.03. The Morgan fingerprint density at radius 3 is 2.25 bits per heavy atom. The van der Waals surface area contributed by atoms with Gasteiger partial charge in [0, 0.05) is 0 Å². The lowest BCUT2D eigenvalue weighted by atomic mass is 10.0. The number of rotatable bonds is 2. The Bertz CT molecular complexity index is 265. The molecule has 0 fully saturated rings. The zero-order chi connectivity index (χ0) is 8.97. The minimum atomic E-state index is 1.11. The Kier molecular flexibility index (Phi) is 3.09. The second-order valence-corrected chi connectivity index (χ2v) is 3.03. The van der Waals surface area contributed by atoms with Gasteiger partial charge in [-0.2, -0.15) is 0 Å². The molecule has 0 aliphatic heterocycles. The van der Waals surface area contributed by atoms with Gasteiger partial charge in [0.1, 0.15) is 0 Å². The lowest BCUT2D eigenvalue weighted by Gasteiger charge is -2.03. The average molecular weight is 160 g/mol. The summed E-state index contributed by atoms with van der Waals surface area (Å²) in [5, 5.41) is 0. The molecule has 0 saturated heterocycles. The molecule has 0 spiro atoms. The smallest absolute Gasteiger partial charge is 0.0228 e. The van der Waals surface area contributed by atoms with Crippen LogP contribution >= 0.6 is 0 Å². The van der Waals surface area contributed by atoms with E-state index < -0.39 is 0 Å². The third kappa shape index (κ3) is 1.97. The van der Waals surface area contributed by atoms with Gasteiger partial charge in [-0.15, -0.1) is 0 Å². The molecule has 1 aromatic carbocycles. The normalized spacial score (nSPS) is 11.8. The van der Waals surface area contributed by atoms with Gasteiger partial charge in [0.25, 0.3) is 0 Å². The summed E-state index contributed by atoms with van der Waals surface area (Å²) < 4.78 is 0. The minimum Gasteiger partial charge on any atom is -0.0839 e. The fourth-order valence-corrected chi connectivity index (χ4v) is 1.34. The van der Waals surface area contributed by atoms with Crippen LogP contribution in [0, 0.1) is 6.92 Å². The molecule has 0 nitrogen and oxygen atoms in total. The van der Waals surface area contributed by atoms with Crippen LogP contribution in [0.15, 0.2) is 30.3 Å². The van der Waals surface area contributed by atoms with Crippen molar-refractivity contribution >= 4 is 5.57 Å². The highest BCUT2D eigenvalue weighted by Crippen LogP contribution is 2.17. The highest BCUT2D eigenvalue weighted by molar-refractivity contribution is 5.65. The summed E-state index contributed by atoms with van der Waals surface area (Å²) in [4.78, 5) is 0. The van der Waals surface area contributed by atoms with Gasteiger partial charge in [-0.05, 0) is 31.4 Å². The molecule has 0 unspecified atom stereocenters. The summed E-state index contributed by atoms with van der Waals surface area (Å²) in [6.07, 6.45) is 3.30. The van der Waals surface area contributed by atoms with Crippen molar-refractivity contribution in [3.63, 3.8) is 0 Å². The van der Waals surface area contributed by atoms with E-state index in [1.54, 1.807) is 0 Å². The third-order valence-electron chi connectivity index (χ3n) is 2.15. The maximum Gasteiger partial charge on any atom is -0.0228 e. The van der Waals surface area contributed by atoms with Gasteiger partial charge in [-0.1, -0.05) is 42.8 Å². The molecule has 0 saturated carbocycles. The summed E-state index contributed by atoms with van der Waals surface area (Å²) >= 11 is 0. The van der Waals surface area contributed by atoms with E-state index in [0.717, 1.165) is 6.42 Å². The average Bonchev–Trinajstić information content (AvgIpc) is 2.10. The zero-order valence-corrected chi connectivity index (χ0v) is 8.09. The van der Waals surface area contributed by atoms with Crippen molar-refractivity contribution in [3.05, 3.63) is 41.5 Å². The molecule has 0 N–H and O–H groups in total. The van der Waals surface area contributed by atoms with Gasteiger partial charge in [0.2, 0.25) is 0 Å². The second kappa shape index (κ2) is 4.10. The maximum absolute atomic E-state index is 2.19. The number of benzene rings is 1. The molecule has 0 bridgehead atoms. The van der Waals surface area contributed by atoms with Crippen molar-refractivity contribution in [1.82, 2.24) is 0 Å². The van der Waals surface area contributed by atoms with Crippen LogP contribution in [0.2, 0.25) is 0 Å². The van der Waals surface area contributed by atoms with Gasteiger partial charge in [-0.3, -0.25) is 0 Å². The fourth-order valence-electron chi connectivity index (χ4n) is 1.34. The first-order valence-electron chi connectivity index (χ1n) is 4.50. The van der Waals surface area contributed by atoms with E-state index in [2.05, 4.69) is 51.1 Å². The lowest BCUT2D eigenvalue weighted by molar-refractivity contribution is 1.23. The van der Waals surface area contributed by atoms with E-state index >= 15 is 0 Å². The van der Waals surface area contributed by atoms with Gasteiger partial charge >= 0.3 is 0 Å². The maximum atomic E-state index is 2.19. The Labute approximate surface area is 74.9 Å². The van der Waals surface area contributed by atoms with Crippen molar-refractivity contribution in [1.29, 1.82) is 0 Å². The molecular weight excluding hydrogens is 144 g/mol. The monoisotopic (exact) mass is 160 g/mol. The Balaban J connectivity index is 2.96. The quantitative estimate of drug-likeness (QED) is 0.617. The predicted molar refractivity (Wildman–Crippen MR) is 55.1 cm³/mol. The Hall–Kier alpha value is -1.04. The number of hydrogen-bond donors (Lipinski definition) is 0. The third-order valence-corrected chi connectivity index (χ3v) is 2.15. The molecule has 12 heavy (non-hydrogen) atoms. The highest BCUT2D eigenvalue weighted by Gasteiger charge is 1.95. The molecule has 1 aromatic rings. The van der Waals surface area contributed by atoms with E-state index in [4.69, 9.17) is 0 Å². The summed E-state index contributed by atoms with van der Waals surface area (Å²) in [5.41, 5.74) is 4.10. The van der Waals surface area contributed by atoms with Crippen molar-refractivity contribution < 1.29 is 0 Å². The van der Waals surface area contributed by atoms with Crippen LogP contribution < -0.4 is 0 Å². The number of allylic oxidation sites excluding steroid dienone is 2. The molecule has 1 rings (SSSR count). The SMILES string of the molecule is C/C=C(/CC)c1ccc(C)cc1. The molecule has 64 valence electrons. The van der Waals surface area contributed by atoms with Crippen LogP contribution in [-0.2, 0) is 0 Å². The van der Waals surface area contributed by atoms with E-state index in [9.17, 15) is 0 Å². The summed E-state index contributed by atoms with van der Waals surface area (Å²) in [6.45, 7) is 6.40. The molecule has 0 radical (unpaired) electrons. The predicted octanol–water partition coefficient (Wildman–Crippen LogP) is 3.81. The Morgan fingerprint density at radius 2 is 1.83 bits per heavy atom. The molecule has 0 heterocycles. The van der Waals surface area contributed by atoms with Crippen LogP contribution in [-0.4, -0.2) is 0 Å². The highest BCUT2D eigenvalue weighted by atomic mass is 14.0. The molecule has 0 heteroatoms. The van der Waals surface area contributed by atoms with E-state index in [1.165, 1.54) is 16.7 Å². The number of aryl methyl sites for hydroxylation is 1. The molecule has 0 aliphatic rings. The standard InChI is InChI=1S/C12H16/c1-4-11(5-2)12-8-6-10(3)7-9-12/h4,6-9H,5H2,1-3H3/b11-4-. The first-order valence-corrected chi connectivity index (χ1v) is 4.50. The van der Waals surface area contributed by atoms with Crippen molar-refractivity contribution in [3.8, 4) is 0 Å². The van der Waals surface area contributed by atoms with E-state index in [0.29, 0.717) is 0 Å². The first-order chi connectivity index (χ1) is 5.77. The molecule has 0 aliphatic carbocycles. The molecule has 0 atom stereocenters. The summed E-state index contributed by atoms with van der Waals surface area (Å²) in [6, 6.07) is 8.70. The number of hydrogen-bond acceptors (Lipinski definition) is 0. The van der Waals surface area contributed by atoms with Crippen molar-refractivity contribution in [2.24, 2.45) is 0 Å². The van der Waals surface area contributed by atoms with Crippen LogP contribution in [0.3, 0.4) is 0 Å². The van der Waals surface area contributed by atoms with Crippen LogP contribution in [0.25, 0.3) is 5.57 Å².